The van der Waals surface area contributed by atoms with Gasteiger partial charge in [-0.15, -0.1) is 0 Å². The Balaban J connectivity index is 3.29. The van der Waals surface area contributed by atoms with E-state index in [0.717, 1.165) is 13.2 Å². The van der Waals surface area contributed by atoms with Gasteiger partial charge < -0.3 is 10.5 Å². The van der Waals surface area contributed by atoms with E-state index in [4.69, 9.17) is 5.73 Å². The van der Waals surface area contributed by atoms with Gasteiger partial charge in [0.2, 0.25) is 0 Å². The third-order valence-corrected chi connectivity index (χ3v) is 1.75. The minimum absolute atomic E-state index is 0.00495. The summed E-state index contributed by atoms with van der Waals surface area (Å²) in [5.41, 5.74) is 4.73. The molecule has 0 atom stereocenters. The summed E-state index contributed by atoms with van der Waals surface area (Å²) in [6, 6.07) is 3.88. The minimum Gasteiger partial charge on any atom is -0.465 e. The van der Waals surface area contributed by atoms with Crippen molar-refractivity contribution in [3.63, 3.8) is 0 Å². The summed E-state index contributed by atoms with van der Waals surface area (Å²) in [5, 5.41) is 0. The maximum absolute atomic E-state index is 12.4. The van der Waals surface area contributed by atoms with Crippen LogP contribution < -0.4 is 5.73 Å². The van der Waals surface area contributed by atoms with Crippen LogP contribution in [0.3, 0.4) is 0 Å². The molecule has 0 heterocycles. The van der Waals surface area contributed by atoms with Gasteiger partial charge in [0.25, 0.3) is 6.43 Å². The van der Waals surface area contributed by atoms with Gasteiger partial charge >= 0.3 is 5.97 Å². The Labute approximate surface area is 79.5 Å². The normalized spacial score (nSPS) is 10.3. The predicted molar refractivity (Wildman–Crippen MR) is 47.2 cm³/mol. The van der Waals surface area contributed by atoms with Gasteiger partial charge in [0.15, 0.2) is 0 Å². The van der Waals surface area contributed by atoms with E-state index in [1.54, 1.807) is 0 Å². The predicted octanol–water partition coefficient (Wildman–Crippen LogP) is 1.99. The number of esters is 1. The quantitative estimate of drug-likeness (QED) is 0.588. The van der Waals surface area contributed by atoms with Gasteiger partial charge in [0.05, 0.1) is 12.7 Å². The van der Waals surface area contributed by atoms with Crippen LogP contribution >= 0.6 is 0 Å². The van der Waals surface area contributed by atoms with Crippen molar-refractivity contribution in [1.82, 2.24) is 0 Å². The number of carbonyl (C=O) groups excluding carboxylic acids is 1. The van der Waals surface area contributed by atoms with Crippen molar-refractivity contribution in [2.75, 3.05) is 12.8 Å². The summed E-state index contributed by atoms with van der Waals surface area (Å²) in [5.74, 6) is -0.849. The molecule has 3 nitrogen and oxygen atoms in total. The molecule has 0 aliphatic heterocycles. The number of hydrogen-bond acceptors (Lipinski definition) is 3. The average Bonchev–Trinajstić information content (AvgIpc) is 2.16. The highest BCUT2D eigenvalue weighted by Gasteiger charge is 2.20. The van der Waals surface area contributed by atoms with Crippen LogP contribution in [0.1, 0.15) is 22.3 Å². The zero-order chi connectivity index (χ0) is 10.7. The van der Waals surface area contributed by atoms with Crippen LogP contribution in [0.4, 0.5) is 14.5 Å². The molecule has 0 aliphatic carbocycles. The van der Waals surface area contributed by atoms with Crippen molar-refractivity contribution >= 4 is 11.7 Å². The summed E-state index contributed by atoms with van der Waals surface area (Å²) in [6.07, 6.45) is -2.74. The van der Waals surface area contributed by atoms with E-state index in [2.05, 4.69) is 4.74 Å². The molecule has 2 N–H and O–H groups in total. The summed E-state index contributed by atoms with van der Waals surface area (Å²) >= 11 is 0. The molecule has 0 aromatic heterocycles. The zero-order valence-corrected chi connectivity index (χ0v) is 7.46. The lowest BCUT2D eigenvalue weighted by molar-refractivity contribution is 0.0590. The monoisotopic (exact) mass is 201 g/mol. The van der Waals surface area contributed by atoms with Crippen molar-refractivity contribution in [2.45, 2.75) is 6.43 Å². The summed E-state index contributed by atoms with van der Waals surface area (Å²) < 4.78 is 29.2. The Morgan fingerprint density at radius 1 is 1.50 bits per heavy atom. The number of hydrogen-bond donors (Lipinski definition) is 1. The second kappa shape index (κ2) is 4.04. The fraction of sp³-hybridized carbons (Fsp3) is 0.222. The van der Waals surface area contributed by atoms with Gasteiger partial charge in [-0.25, -0.2) is 13.6 Å². The highest BCUT2D eigenvalue weighted by molar-refractivity contribution is 5.96. The molecule has 0 saturated heterocycles. The van der Waals surface area contributed by atoms with Crippen molar-refractivity contribution in [2.24, 2.45) is 0 Å². The highest BCUT2D eigenvalue weighted by atomic mass is 19.3. The Kier molecular flexibility index (Phi) is 3.01. The van der Waals surface area contributed by atoms with Gasteiger partial charge in [-0.05, 0) is 6.07 Å². The smallest absolute Gasteiger partial charge is 0.340 e. The Morgan fingerprint density at radius 3 is 2.64 bits per heavy atom. The summed E-state index contributed by atoms with van der Waals surface area (Å²) in [6.45, 7) is 0. The van der Waals surface area contributed by atoms with E-state index in [1.165, 1.54) is 12.1 Å². The van der Waals surface area contributed by atoms with E-state index in [1.807, 2.05) is 0 Å². The van der Waals surface area contributed by atoms with Crippen LogP contribution in [0.25, 0.3) is 0 Å². The largest absolute Gasteiger partial charge is 0.465 e. The maximum atomic E-state index is 12.4. The van der Waals surface area contributed by atoms with E-state index >= 15 is 0 Å². The van der Waals surface area contributed by atoms with E-state index in [-0.39, 0.29) is 11.3 Å². The van der Waals surface area contributed by atoms with Crippen LogP contribution in [-0.4, -0.2) is 13.1 Å². The van der Waals surface area contributed by atoms with Crippen molar-refractivity contribution in [3.05, 3.63) is 29.3 Å². The number of nitrogen functional groups attached to an aromatic ring is 1. The SMILES string of the molecule is COC(=O)c1c(N)cccc1C(F)F. The lowest BCUT2D eigenvalue weighted by Gasteiger charge is -2.08. The summed E-state index contributed by atoms with van der Waals surface area (Å²) in [7, 11) is 1.12. The molecule has 0 amide bonds. The molecular formula is C9H9F2NO2. The molecule has 0 saturated carbocycles. The van der Waals surface area contributed by atoms with E-state index in [9.17, 15) is 13.6 Å². The number of carbonyl (C=O) groups is 1. The molecule has 0 fully saturated rings. The van der Waals surface area contributed by atoms with Gasteiger partial charge in [-0.2, -0.15) is 0 Å². The van der Waals surface area contributed by atoms with Gasteiger partial charge in [0, 0.05) is 11.3 Å². The van der Waals surface area contributed by atoms with E-state index < -0.39 is 18.0 Å². The molecule has 5 heteroatoms. The van der Waals surface area contributed by atoms with Crippen LogP contribution in [0, 0.1) is 0 Å². The van der Waals surface area contributed by atoms with E-state index in [0.29, 0.717) is 0 Å². The first-order valence-corrected chi connectivity index (χ1v) is 3.82. The fourth-order valence-electron chi connectivity index (χ4n) is 1.11. The first-order chi connectivity index (χ1) is 6.57. The second-order valence-electron chi connectivity index (χ2n) is 2.60. The molecule has 0 spiro atoms. The molecule has 0 aliphatic rings. The number of methoxy groups -OCH3 is 1. The van der Waals surface area contributed by atoms with Gasteiger partial charge in [-0.1, -0.05) is 12.1 Å². The zero-order valence-electron chi connectivity index (χ0n) is 7.46. The van der Waals surface area contributed by atoms with Crippen LogP contribution in [0.15, 0.2) is 18.2 Å². The minimum atomic E-state index is -2.74. The first kappa shape index (κ1) is 10.4. The first-order valence-electron chi connectivity index (χ1n) is 3.82. The lowest BCUT2D eigenvalue weighted by Crippen LogP contribution is -2.09. The third-order valence-electron chi connectivity index (χ3n) is 1.75. The number of nitrogens with two attached hydrogens (primary N) is 1. The maximum Gasteiger partial charge on any atom is 0.340 e. The van der Waals surface area contributed by atoms with Gasteiger partial charge in [-0.3, -0.25) is 0 Å². The number of halogens is 2. The Morgan fingerprint density at radius 2 is 2.14 bits per heavy atom. The number of ether oxygens (including phenoxy) is 1. The number of rotatable bonds is 2. The number of alkyl halides is 2. The third kappa shape index (κ3) is 1.81. The van der Waals surface area contributed by atoms with Crippen molar-refractivity contribution in [1.29, 1.82) is 0 Å². The van der Waals surface area contributed by atoms with Crippen LogP contribution in [0.2, 0.25) is 0 Å². The molecule has 1 rings (SSSR count). The summed E-state index contributed by atoms with van der Waals surface area (Å²) in [4.78, 5) is 11.1. The molecule has 0 radical (unpaired) electrons. The highest BCUT2D eigenvalue weighted by Crippen LogP contribution is 2.27. The van der Waals surface area contributed by atoms with Crippen LogP contribution in [0.5, 0.6) is 0 Å². The topological polar surface area (TPSA) is 52.3 Å². The average molecular weight is 201 g/mol. The standard InChI is InChI=1S/C9H9F2NO2/c1-14-9(13)7-5(8(10)11)3-2-4-6(7)12/h2-4,8H,12H2,1H3. The lowest BCUT2D eigenvalue weighted by atomic mass is 10.1. The molecule has 14 heavy (non-hydrogen) atoms. The molecule has 1 aromatic rings. The van der Waals surface area contributed by atoms with Gasteiger partial charge in [0.1, 0.15) is 0 Å². The molecule has 0 bridgehead atoms. The van der Waals surface area contributed by atoms with Crippen LogP contribution in [-0.2, 0) is 4.74 Å². The second-order valence-corrected chi connectivity index (χ2v) is 2.60. The van der Waals surface area contributed by atoms with Crippen molar-refractivity contribution in [3.8, 4) is 0 Å². The molecule has 76 valence electrons. The Hall–Kier alpha value is -1.65. The Bertz CT molecular complexity index is 353. The molecule has 1 aromatic carbocycles. The number of benzene rings is 1. The van der Waals surface area contributed by atoms with Crippen molar-refractivity contribution < 1.29 is 18.3 Å². The molecule has 0 unspecified atom stereocenters. The number of anilines is 1. The fourth-order valence-corrected chi connectivity index (χ4v) is 1.11. The molecular weight excluding hydrogens is 192 g/mol.